The number of methoxy groups -OCH3 is 1. The maximum Gasteiger partial charge on any atom is 0.257 e. The molecular formula is C28H28FN3O3. The van der Waals surface area contributed by atoms with Crippen LogP contribution < -0.4 is 9.47 Å². The molecule has 35 heavy (non-hydrogen) atoms. The molecule has 0 atom stereocenters. The molecule has 0 aliphatic rings. The zero-order valence-corrected chi connectivity index (χ0v) is 20.1. The van der Waals surface area contributed by atoms with Crippen LogP contribution >= 0.6 is 0 Å². The van der Waals surface area contributed by atoms with Crippen molar-refractivity contribution in [1.29, 1.82) is 0 Å². The number of aromatic nitrogens is 2. The molecule has 4 aromatic rings. The maximum absolute atomic E-state index is 14.4. The number of para-hydroxylation sites is 1. The summed E-state index contributed by atoms with van der Waals surface area (Å²) >= 11 is 0. The van der Waals surface area contributed by atoms with Crippen molar-refractivity contribution in [3.05, 3.63) is 102 Å². The Kier molecular flexibility index (Phi) is 7.45. The molecule has 0 N–H and O–H groups in total. The summed E-state index contributed by atoms with van der Waals surface area (Å²) in [5.41, 5.74) is 2.33. The second-order valence-electron chi connectivity index (χ2n) is 8.10. The Labute approximate surface area is 204 Å². The van der Waals surface area contributed by atoms with E-state index >= 15 is 0 Å². The van der Waals surface area contributed by atoms with Gasteiger partial charge in [0.25, 0.3) is 5.91 Å². The number of hydrogen-bond acceptors (Lipinski definition) is 4. The fourth-order valence-electron chi connectivity index (χ4n) is 3.86. The van der Waals surface area contributed by atoms with Gasteiger partial charge < -0.3 is 14.4 Å². The van der Waals surface area contributed by atoms with Crippen molar-refractivity contribution in [1.82, 2.24) is 14.7 Å². The lowest BCUT2D eigenvalue weighted by Gasteiger charge is -2.23. The maximum atomic E-state index is 14.4. The van der Waals surface area contributed by atoms with Gasteiger partial charge in [-0.05, 0) is 49.7 Å². The summed E-state index contributed by atoms with van der Waals surface area (Å²) in [6.45, 7) is 4.54. The number of ether oxygens (including phenoxy) is 2. The van der Waals surface area contributed by atoms with Crippen molar-refractivity contribution < 1.29 is 18.7 Å². The lowest BCUT2D eigenvalue weighted by Crippen LogP contribution is -2.32. The smallest absolute Gasteiger partial charge is 0.257 e. The van der Waals surface area contributed by atoms with Gasteiger partial charge in [0.1, 0.15) is 17.3 Å². The van der Waals surface area contributed by atoms with Gasteiger partial charge in [-0.3, -0.25) is 4.79 Å². The minimum Gasteiger partial charge on any atom is -0.497 e. The molecule has 1 heterocycles. The summed E-state index contributed by atoms with van der Waals surface area (Å²) in [6.07, 6.45) is 0.720. The van der Waals surface area contributed by atoms with Crippen molar-refractivity contribution in [2.75, 3.05) is 13.7 Å². The molecule has 0 aliphatic carbocycles. The molecule has 1 aromatic heterocycles. The average Bonchev–Trinajstić information content (AvgIpc) is 3.19. The molecule has 0 saturated carbocycles. The number of rotatable bonds is 9. The third-order valence-corrected chi connectivity index (χ3v) is 5.63. The number of aryl methyl sites for hydroxylation is 1. The largest absolute Gasteiger partial charge is 0.497 e. The summed E-state index contributed by atoms with van der Waals surface area (Å²) in [5, 5.41) is 4.73. The highest BCUT2D eigenvalue weighted by molar-refractivity contribution is 5.94. The fourth-order valence-corrected chi connectivity index (χ4v) is 3.86. The topological polar surface area (TPSA) is 56.6 Å². The van der Waals surface area contributed by atoms with E-state index in [9.17, 15) is 9.18 Å². The Bertz CT molecular complexity index is 1300. The second-order valence-corrected chi connectivity index (χ2v) is 8.10. The van der Waals surface area contributed by atoms with Crippen LogP contribution in [0.25, 0.3) is 5.69 Å². The Morgan fingerprint density at radius 1 is 1.00 bits per heavy atom. The molecule has 0 radical (unpaired) electrons. The highest BCUT2D eigenvalue weighted by Crippen LogP contribution is 2.33. The van der Waals surface area contributed by atoms with E-state index in [1.807, 2.05) is 62.4 Å². The van der Waals surface area contributed by atoms with Crippen molar-refractivity contribution in [2.24, 2.45) is 0 Å². The van der Waals surface area contributed by atoms with Crippen LogP contribution in [0.1, 0.15) is 35.0 Å². The number of hydrogen-bond donors (Lipinski definition) is 0. The van der Waals surface area contributed by atoms with E-state index in [4.69, 9.17) is 14.6 Å². The van der Waals surface area contributed by atoms with Crippen LogP contribution in [0.3, 0.4) is 0 Å². The van der Waals surface area contributed by atoms with Crippen LogP contribution in [-0.2, 0) is 6.54 Å². The predicted octanol–water partition coefficient (Wildman–Crippen LogP) is 6.17. The molecular weight excluding hydrogens is 445 g/mol. The minimum absolute atomic E-state index is 0.0457. The molecule has 0 aliphatic heterocycles. The Hall–Kier alpha value is -4.13. The number of carbonyl (C=O) groups is 1. The normalized spacial score (nSPS) is 10.7. The number of halogens is 1. The number of nitrogens with zero attached hydrogens (tertiary/aromatic N) is 3. The van der Waals surface area contributed by atoms with Gasteiger partial charge in [0.2, 0.25) is 5.88 Å². The molecule has 0 bridgehead atoms. The fraction of sp³-hybridized carbons (Fsp3) is 0.214. The first kappa shape index (κ1) is 24.0. The van der Waals surface area contributed by atoms with Crippen LogP contribution in [0.5, 0.6) is 17.4 Å². The number of carbonyl (C=O) groups excluding carboxylic acids is 1. The first-order valence-electron chi connectivity index (χ1n) is 11.5. The summed E-state index contributed by atoms with van der Waals surface area (Å²) < 4.78 is 27.8. The molecule has 1 amide bonds. The molecule has 6 nitrogen and oxygen atoms in total. The first-order chi connectivity index (χ1) is 17.0. The SMILES string of the molecule is CCCN(Cc1c(C)nn(-c2ccccc2)c1Oc1cccc(OC)c1)C(=O)c1ccccc1F. The Morgan fingerprint density at radius 2 is 1.71 bits per heavy atom. The number of amides is 1. The second kappa shape index (κ2) is 10.9. The van der Waals surface area contributed by atoms with Crippen molar-refractivity contribution in [3.8, 4) is 23.1 Å². The van der Waals surface area contributed by atoms with E-state index in [1.54, 1.807) is 34.9 Å². The first-order valence-corrected chi connectivity index (χ1v) is 11.5. The quantitative estimate of drug-likeness (QED) is 0.292. The molecule has 0 unspecified atom stereocenters. The highest BCUT2D eigenvalue weighted by Gasteiger charge is 2.25. The van der Waals surface area contributed by atoms with Crippen LogP contribution in [0.15, 0.2) is 78.9 Å². The highest BCUT2D eigenvalue weighted by atomic mass is 19.1. The van der Waals surface area contributed by atoms with Crippen molar-refractivity contribution in [2.45, 2.75) is 26.8 Å². The zero-order valence-electron chi connectivity index (χ0n) is 20.1. The third kappa shape index (κ3) is 5.35. The standard InChI is InChI=1S/C28H28FN3O3/c1-4-17-31(27(33)24-15-8-9-16-26(24)29)19-25-20(2)30-32(21-11-6-5-7-12-21)28(25)35-23-14-10-13-22(18-23)34-3/h5-16,18H,4,17,19H2,1-3H3. The van der Waals surface area contributed by atoms with Gasteiger partial charge >= 0.3 is 0 Å². The number of benzene rings is 3. The lowest BCUT2D eigenvalue weighted by atomic mass is 10.1. The van der Waals surface area contributed by atoms with Crippen LogP contribution in [0.2, 0.25) is 0 Å². The lowest BCUT2D eigenvalue weighted by molar-refractivity contribution is 0.0737. The van der Waals surface area contributed by atoms with Gasteiger partial charge in [-0.15, -0.1) is 0 Å². The van der Waals surface area contributed by atoms with Crippen molar-refractivity contribution >= 4 is 5.91 Å². The van der Waals surface area contributed by atoms with Crippen LogP contribution in [0.4, 0.5) is 4.39 Å². The van der Waals surface area contributed by atoms with E-state index < -0.39 is 5.82 Å². The monoisotopic (exact) mass is 473 g/mol. The van der Waals surface area contributed by atoms with Crippen LogP contribution in [-0.4, -0.2) is 34.2 Å². The van der Waals surface area contributed by atoms with Gasteiger partial charge in [-0.1, -0.05) is 43.3 Å². The molecule has 0 spiro atoms. The predicted molar refractivity (Wildman–Crippen MR) is 133 cm³/mol. The summed E-state index contributed by atoms with van der Waals surface area (Å²) in [6, 6.07) is 23.0. The van der Waals surface area contributed by atoms with Gasteiger partial charge in [0.05, 0.1) is 36.2 Å². The molecule has 180 valence electrons. The van der Waals surface area contributed by atoms with Gasteiger partial charge in [-0.25, -0.2) is 9.07 Å². The summed E-state index contributed by atoms with van der Waals surface area (Å²) in [5.74, 6) is 0.815. The van der Waals surface area contributed by atoms with E-state index in [2.05, 4.69) is 0 Å². The Balaban J connectivity index is 1.77. The van der Waals surface area contributed by atoms with Gasteiger partial charge in [-0.2, -0.15) is 5.10 Å². The molecule has 3 aromatic carbocycles. The van der Waals surface area contributed by atoms with Crippen molar-refractivity contribution in [3.63, 3.8) is 0 Å². The van der Waals surface area contributed by atoms with Crippen LogP contribution in [0, 0.1) is 12.7 Å². The average molecular weight is 474 g/mol. The molecule has 7 heteroatoms. The van der Waals surface area contributed by atoms with E-state index in [0.29, 0.717) is 29.6 Å². The summed E-state index contributed by atoms with van der Waals surface area (Å²) in [7, 11) is 1.60. The molecule has 0 saturated heterocycles. The molecule has 4 rings (SSSR count). The van der Waals surface area contributed by atoms with Gasteiger partial charge in [0, 0.05) is 12.6 Å². The van der Waals surface area contributed by atoms with Gasteiger partial charge in [0.15, 0.2) is 0 Å². The third-order valence-electron chi connectivity index (χ3n) is 5.63. The Morgan fingerprint density at radius 3 is 2.43 bits per heavy atom. The van der Waals surface area contributed by atoms with E-state index in [1.165, 1.54) is 12.1 Å². The molecule has 0 fully saturated rings. The summed E-state index contributed by atoms with van der Waals surface area (Å²) in [4.78, 5) is 14.9. The minimum atomic E-state index is -0.539. The van der Waals surface area contributed by atoms with E-state index in [0.717, 1.165) is 17.7 Å². The zero-order chi connectivity index (χ0) is 24.8. The van der Waals surface area contributed by atoms with E-state index in [-0.39, 0.29) is 18.0 Å².